The fourth-order valence-corrected chi connectivity index (χ4v) is 4.64. The van der Waals surface area contributed by atoms with Crippen molar-refractivity contribution in [1.29, 1.82) is 0 Å². The van der Waals surface area contributed by atoms with Crippen LogP contribution in [-0.4, -0.2) is 28.4 Å². The zero-order valence-electron chi connectivity index (χ0n) is 17.5. The lowest BCUT2D eigenvalue weighted by Crippen LogP contribution is -2.48. The Kier molecular flexibility index (Phi) is 4.70. The Bertz CT molecular complexity index is 1250. The second kappa shape index (κ2) is 7.57. The molecule has 3 aromatic carbocycles. The quantitative estimate of drug-likeness (QED) is 0.633. The van der Waals surface area contributed by atoms with Gasteiger partial charge in [-0.3, -0.25) is 14.4 Å². The van der Waals surface area contributed by atoms with Gasteiger partial charge in [-0.25, -0.2) is 0 Å². The minimum atomic E-state index is -0.643. The number of para-hydroxylation sites is 1. The molecule has 0 bridgehead atoms. The molecule has 3 aromatic rings. The molecule has 0 spiro atoms. The molecule has 1 unspecified atom stereocenters. The Hall–Kier alpha value is -4.06. The first-order valence-corrected chi connectivity index (χ1v) is 10.5. The predicted molar refractivity (Wildman–Crippen MR) is 122 cm³/mol. The van der Waals surface area contributed by atoms with E-state index < -0.39 is 17.2 Å². The van der Waals surface area contributed by atoms with Crippen LogP contribution in [0.4, 0.5) is 5.69 Å². The van der Waals surface area contributed by atoms with E-state index in [1.165, 1.54) is 6.92 Å². The number of carbonyl (C=O) groups is 3. The molecule has 1 atom stereocenters. The third-order valence-electron chi connectivity index (χ3n) is 6.19. The van der Waals surface area contributed by atoms with E-state index in [0.29, 0.717) is 23.2 Å². The molecule has 1 heterocycles. The summed E-state index contributed by atoms with van der Waals surface area (Å²) in [6.07, 6.45) is 1.38. The van der Waals surface area contributed by atoms with E-state index in [2.05, 4.69) is 10.4 Å². The molecule has 158 valence electrons. The van der Waals surface area contributed by atoms with Gasteiger partial charge in [0.05, 0.1) is 22.3 Å². The van der Waals surface area contributed by atoms with Gasteiger partial charge in [0.2, 0.25) is 5.91 Å². The number of amides is 3. The summed E-state index contributed by atoms with van der Waals surface area (Å²) in [4.78, 5) is 37.7. The van der Waals surface area contributed by atoms with E-state index in [1.54, 1.807) is 24.3 Å². The van der Waals surface area contributed by atoms with Gasteiger partial charge in [0.25, 0.3) is 11.8 Å². The predicted octanol–water partition coefficient (Wildman–Crippen LogP) is 4.38. The van der Waals surface area contributed by atoms with E-state index in [4.69, 9.17) is 0 Å². The van der Waals surface area contributed by atoms with Gasteiger partial charge >= 0.3 is 0 Å². The molecule has 6 nitrogen and oxygen atoms in total. The van der Waals surface area contributed by atoms with Gasteiger partial charge in [-0.15, -0.1) is 0 Å². The summed E-state index contributed by atoms with van der Waals surface area (Å²) < 4.78 is 0. The van der Waals surface area contributed by atoms with Crippen molar-refractivity contribution >= 4 is 29.1 Å². The summed E-state index contributed by atoms with van der Waals surface area (Å²) in [6, 6.07) is 24.3. The summed E-state index contributed by atoms with van der Waals surface area (Å²) in [7, 11) is 0. The molecule has 0 saturated heterocycles. The first-order chi connectivity index (χ1) is 15.5. The minimum absolute atomic E-state index is 0.168. The van der Waals surface area contributed by atoms with Gasteiger partial charge in [0, 0.05) is 12.6 Å². The second-order valence-electron chi connectivity index (χ2n) is 8.01. The fourth-order valence-electron chi connectivity index (χ4n) is 4.64. The normalized spacial score (nSPS) is 20.8. The third kappa shape index (κ3) is 2.95. The van der Waals surface area contributed by atoms with Crippen molar-refractivity contribution in [3.8, 4) is 0 Å². The molecular weight excluding hydrogens is 402 g/mol. The molecule has 1 N–H and O–H groups in total. The topological polar surface area (TPSA) is 78.8 Å². The van der Waals surface area contributed by atoms with Crippen molar-refractivity contribution in [2.75, 3.05) is 5.32 Å². The van der Waals surface area contributed by atoms with Crippen LogP contribution in [-0.2, 0) is 10.2 Å². The third-order valence-corrected chi connectivity index (χ3v) is 6.19. The van der Waals surface area contributed by atoms with E-state index in [1.807, 2.05) is 54.6 Å². The van der Waals surface area contributed by atoms with Crippen molar-refractivity contribution in [2.24, 2.45) is 5.10 Å². The number of rotatable bonds is 4. The van der Waals surface area contributed by atoms with Crippen LogP contribution in [0.2, 0.25) is 0 Å². The molecule has 1 aliphatic carbocycles. The van der Waals surface area contributed by atoms with Crippen LogP contribution >= 0.6 is 0 Å². The van der Waals surface area contributed by atoms with E-state index in [0.717, 1.165) is 28.3 Å². The number of nitrogens with zero attached hydrogens (tertiary/aromatic N) is 2. The molecule has 3 amide bonds. The first kappa shape index (κ1) is 19.9. The molecular formula is C26H21N3O3. The summed E-state index contributed by atoms with van der Waals surface area (Å²) in [5.74, 6) is -0.997. The molecule has 5 rings (SSSR count). The molecule has 1 aliphatic heterocycles. The summed E-state index contributed by atoms with van der Waals surface area (Å²) >= 11 is 0. The maximum absolute atomic E-state index is 12.9. The Labute approximate surface area is 185 Å². The number of anilines is 1. The number of hydrazone groups is 1. The lowest BCUT2D eigenvalue weighted by molar-refractivity contribution is -0.114. The number of hydrogen-bond donors (Lipinski definition) is 1. The molecule has 0 radical (unpaired) electrons. The van der Waals surface area contributed by atoms with Crippen LogP contribution in [0.1, 0.15) is 51.6 Å². The minimum Gasteiger partial charge on any atom is -0.326 e. The molecule has 2 aliphatic rings. The van der Waals surface area contributed by atoms with E-state index in [9.17, 15) is 14.4 Å². The zero-order valence-corrected chi connectivity index (χ0v) is 17.5. The van der Waals surface area contributed by atoms with Crippen LogP contribution in [0.3, 0.4) is 0 Å². The highest BCUT2D eigenvalue weighted by Crippen LogP contribution is 2.49. The average Bonchev–Trinajstić information content (AvgIpc) is 3.03. The van der Waals surface area contributed by atoms with Gasteiger partial charge < -0.3 is 5.32 Å². The van der Waals surface area contributed by atoms with Crippen LogP contribution in [0.15, 0.2) is 84.0 Å². The van der Waals surface area contributed by atoms with Crippen molar-refractivity contribution in [1.82, 2.24) is 5.01 Å². The number of carbonyl (C=O) groups excluding carboxylic acids is 3. The van der Waals surface area contributed by atoms with Crippen molar-refractivity contribution < 1.29 is 14.4 Å². The Morgan fingerprint density at radius 2 is 1.47 bits per heavy atom. The number of fused-ring (bicyclic) bond motifs is 1. The SMILES string of the molecule is CC(=O)Nc1ccccc1C1(c2ccccc2)CC/C1=N/N1C(=O)c2ccccc2C1=O. The second-order valence-corrected chi connectivity index (χ2v) is 8.01. The van der Waals surface area contributed by atoms with Gasteiger partial charge in [-0.2, -0.15) is 10.1 Å². The highest BCUT2D eigenvalue weighted by molar-refractivity contribution is 6.22. The summed E-state index contributed by atoms with van der Waals surface area (Å²) in [5.41, 5.74) is 3.39. The number of nitrogens with one attached hydrogen (secondary N) is 1. The highest BCUT2D eigenvalue weighted by atomic mass is 16.2. The van der Waals surface area contributed by atoms with Crippen LogP contribution in [0.5, 0.6) is 0 Å². The average molecular weight is 423 g/mol. The smallest absolute Gasteiger partial charge is 0.282 e. The zero-order chi connectivity index (χ0) is 22.3. The van der Waals surface area contributed by atoms with Crippen molar-refractivity contribution in [2.45, 2.75) is 25.2 Å². The molecule has 1 saturated carbocycles. The number of benzene rings is 3. The largest absolute Gasteiger partial charge is 0.326 e. The molecule has 6 heteroatoms. The highest BCUT2D eigenvalue weighted by Gasteiger charge is 2.49. The number of imide groups is 1. The van der Waals surface area contributed by atoms with Gasteiger partial charge in [-0.1, -0.05) is 60.7 Å². The molecule has 1 fully saturated rings. The monoisotopic (exact) mass is 423 g/mol. The lowest BCUT2D eigenvalue weighted by atomic mass is 9.58. The van der Waals surface area contributed by atoms with Crippen LogP contribution < -0.4 is 5.32 Å². The van der Waals surface area contributed by atoms with Crippen molar-refractivity contribution in [3.05, 3.63) is 101 Å². The lowest BCUT2D eigenvalue weighted by Gasteiger charge is -2.45. The molecule has 0 aromatic heterocycles. The Morgan fingerprint density at radius 1 is 0.875 bits per heavy atom. The van der Waals surface area contributed by atoms with E-state index in [-0.39, 0.29) is 5.91 Å². The van der Waals surface area contributed by atoms with Crippen LogP contribution in [0.25, 0.3) is 0 Å². The van der Waals surface area contributed by atoms with Crippen molar-refractivity contribution in [3.63, 3.8) is 0 Å². The fraction of sp³-hybridized carbons (Fsp3) is 0.154. The first-order valence-electron chi connectivity index (χ1n) is 10.5. The van der Waals surface area contributed by atoms with Gasteiger partial charge in [0.1, 0.15) is 0 Å². The number of hydrogen-bond acceptors (Lipinski definition) is 4. The van der Waals surface area contributed by atoms with Gasteiger partial charge in [0.15, 0.2) is 0 Å². The summed E-state index contributed by atoms with van der Waals surface area (Å²) in [5, 5.41) is 8.53. The Balaban J connectivity index is 1.65. The maximum atomic E-state index is 12.9. The maximum Gasteiger partial charge on any atom is 0.282 e. The Morgan fingerprint density at radius 3 is 2.06 bits per heavy atom. The summed E-state index contributed by atoms with van der Waals surface area (Å²) in [6.45, 7) is 1.47. The van der Waals surface area contributed by atoms with Gasteiger partial charge in [-0.05, 0) is 42.2 Å². The van der Waals surface area contributed by atoms with E-state index >= 15 is 0 Å². The molecule has 32 heavy (non-hydrogen) atoms. The van der Waals surface area contributed by atoms with Crippen LogP contribution in [0, 0.1) is 0 Å². The standard InChI is InChI=1S/C26H21N3O3/c1-17(30)27-22-14-8-7-13-21(22)26(18-9-3-2-4-10-18)16-15-23(26)28-29-24(31)19-11-5-6-12-20(19)25(29)32/h2-14H,15-16H2,1H3,(H,27,30)/b28-23-.